The molecule has 1 unspecified atom stereocenters. The molecule has 0 saturated heterocycles. The number of aromatic nitrogens is 1. The van der Waals surface area contributed by atoms with Crippen molar-refractivity contribution in [3.8, 4) is 0 Å². The summed E-state index contributed by atoms with van der Waals surface area (Å²) in [6, 6.07) is 19.2. The summed E-state index contributed by atoms with van der Waals surface area (Å²) in [5.41, 5.74) is 4.02. The largest absolute Gasteiger partial charge is 0.361 e. The molecule has 0 spiro atoms. The van der Waals surface area contributed by atoms with E-state index in [0.29, 0.717) is 5.92 Å². The highest BCUT2D eigenvalue weighted by atomic mass is 32.2. The lowest BCUT2D eigenvalue weighted by atomic mass is 10.0. The number of aromatic amines is 1. The second-order valence-corrected chi connectivity index (χ2v) is 8.07. The van der Waals surface area contributed by atoms with Crippen LogP contribution in [-0.2, 0) is 6.42 Å². The van der Waals surface area contributed by atoms with Crippen LogP contribution in [0.15, 0.2) is 60.8 Å². The van der Waals surface area contributed by atoms with Gasteiger partial charge < -0.3 is 4.98 Å². The van der Waals surface area contributed by atoms with E-state index in [9.17, 15) is 0 Å². The SMILES string of the molecule is CC(CSC(=S)CCCc1c[nH]c2ccccc12)c1ccccc1. The van der Waals surface area contributed by atoms with Crippen LogP contribution in [0.2, 0.25) is 0 Å². The molecule has 1 heterocycles. The molecule has 1 nitrogen and oxygen atoms in total. The average molecular weight is 354 g/mol. The zero-order valence-electron chi connectivity index (χ0n) is 14.0. The third kappa shape index (κ3) is 4.49. The summed E-state index contributed by atoms with van der Waals surface area (Å²) in [5, 5.41) is 1.34. The number of aryl methyl sites for hydroxylation is 1. The molecule has 1 N–H and O–H groups in total. The second kappa shape index (κ2) is 8.50. The van der Waals surface area contributed by atoms with Gasteiger partial charge in [-0.1, -0.05) is 67.7 Å². The molecular formula is C21H23NS2. The Morgan fingerprint density at radius 1 is 1.08 bits per heavy atom. The van der Waals surface area contributed by atoms with Gasteiger partial charge >= 0.3 is 0 Å². The van der Waals surface area contributed by atoms with Gasteiger partial charge in [0.1, 0.15) is 0 Å². The summed E-state index contributed by atoms with van der Waals surface area (Å²) in [5.74, 6) is 1.61. The van der Waals surface area contributed by atoms with E-state index in [1.165, 1.54) is 22.0 Å². The molecular weight excluding hydrogens is 330 g/mol. The standard InChI is InChI=1S/C21H23NS2/c1-16(17-8-3-2-4-9-17)15-24-21(23)13-7-10-18-14-22-20-12-6-5-11-19(18)20/h2-6,8-9,11-12,14,16,22H,7,10,13,15H2,1H3. The lowest BCUT2D eigenvalue weighted by Gasteiger charge is -2.11. The van der Waals surface area contributed by atoms with Crippen molar-refractivity contribution in [2.45, 2.75) is 32.1 Å². The Bertz CT molecular complexity index is 792. The van der Waals surface area contributed by atoms with E-state index in [1.54, 1.807) is 0 Å². The molecule has 124 valence electrons. The number of rotatable bonds is 7. The molecule has 1 atom stereocenters. The first kappa shape index (κ1) is 17.2. The molecule has 0 aliphatic carbocycles. The first-order chi connectivity index (χ1) is 11.7. The highest BCUT2D eigenvalue weighted by Gasteiger charge is 2.08. The van der Waals surface area contributed by atoms with E-state index in [0.717, 1.165) is 29.2 Å². The molecule has 3 rings (SSSR count). The van der Waals surface area contributed by atoms with Crippen molar-refractivity contribution in [1.82, 2.24) is 4.98 Å². The quantitative estimate of drug-likeness (QED) is 0.498. The zero-order chi connectivity index (χ0) is 16.8. The number of benzene rings is 2. The van der Waals surface area contributed by atoms with Gasteiger partial charge in [0, 0.05) is 27.0 Å². The zero-order valence-corrected chi connectivity index (χ0v) is 15.6. The van der Waals surface area contributed by atoms with Gasteiger partial charge in [0.25, 0.3) is 0 Å². The summed E-state index contributed by atoms with van der Waals surface area (Å²) in [4.78, 5) is 3.35. The minimum absolute atomic E-state index is 0.544. The Kier molecular flexibility index (Phi) is 6.11. The fourth-order valence-corrected chi connectivity index (χ4v) is 4.20. The van der Waals surface area contributed by atoms with Crippen molar-refractivity contribution >= 4 is 39.1 Å². The number of para-hydroxylation sites is 1. The van der Waals surface area contributed by atoms with Crippen LogP contribution in [0.5, 0.6) is 0 Å². The number of thioether (sulfide) groups is 1. The van der Waals surface area contributed by atoms with E-state index in [1.807, 2.05) is 11.8 Å². The average Bonchev–Trinajstić information content (AvgIpc) is 3.04. The number of fused-ring (bicyclic) bond motifs is 1. The highest BCUT2D eigenvalue weighted by Crippen LogP contribution is 2.24. The molecule has 3 heteroatoms. The highest BCUT2D eigenvalue weighted by molar-refractivity contribution is 8.23. The van der Waals surface area contributed by atoms with E-state index < -0.39 is 0 Å². The molecule has 0 aliphatic heterocycles. The fourth-order valence-electron chi connectivity index (χ4n) is 2.93. The monoisotopic (exact) mass is 353 g/mol. The van der Waals surface area contributed by atoms with Gasteiger partial charge in [-0.05, 0) is 42.4 Å². The van der Waals surface area contributed by atoms with Crippen LogP contribution in [0, 0.1) is 0 Å². The summed E-state index contributed by atoms with van der Waals surface area (Å²) in [6.07, 6.45) is 5.35. The predicted octanol–water partition coefficient (Wildman–Crippen LogP) is 6.35. The molecule has 0 radical (unpaired) electrons. The van der Waals surface area contributed by atoms with Crippen LogP contribution in [0.3, 0.4) is 0 Å². The molecule has 0 aliphatic rings. The molecule has 0 bridgehead atoms. The summed E-state index contributed by atoms with van der Waals surface area (Å²) < 4.78 is 1.14. The molecule has 1 aromatic heterocycles. The number of hydrogen-bond donors (Lipinski definition) is 1. The molecule has 2 aromatic carbocycles. The van der Waals surface area contributed by atoms with E-state index in [2.05, 4.69) is 72.7 Å². The number of nitrogens with one attached hydrogen (secondary N) is 1. The Balaban J connectivity index is 1.43. The Hall–Kier alpha value is -1.58. The van der Waals surface area contributed by atoms with Crippen LogP contribution >= 0.6 is 24.0 Å². The van der Waals surface area contributed by atoms with Gasteiger partial charge in [-0.3, -0.25) is 0 Å². The summed E-state index contributed by atoms with van der Waals surface area (Å²) >= 11 is 7.41. The number of H-pyrrole nitrogens is 1. The first-order valence-electron chi connectivity index (χ1n) is 8.49. The lowest BCUT2D eigenvalue weighted by molar-refractivity contribution is 0.876. The van der Waals surface area contributed by atoms with E-state index >= 15 is 0 Å². The van der Waals surface area contributed by atoms with Crippen LogP contribution in [-0.4, -0.2) is 14.9 Å². The fraction of sp³-hybridized carbons (Fsp3) is 0.286. The third-order valence-electron chi connectivity index (χ3n) is 4.36. The topological polar surface area (TPSA) is 15.8 Å². The van der Waals surface area contributed by atoms with Gasteiger partial charge in [0.05, 0.1) is 0 Å². The third-order valence-corrected chi connectivity index (χ3v) is 6.12. The van der Waals surface area contributed by atoms with Crippen LogP contribution in [0.4, 0.5) is 0 Å². The minimum Gasteiger partial charge on any atom is -0.361 e. The summed E-state index contributed by atoms with van der Waals surface area (Å²) in [7, 11) is 0. The van der Waals surface area contributed by atoms with E-state index in [4.69, 9.17) is 12.2 Å². The van der Waals surface area contributed by atoms with Crippen molar-refractivity contribution in [2.75, 3.05) is 5.75 Å². The maximum absolute atomic E-state index is 5.57. The van der Waals surface area contributed by atoms with Crippen molar-refractivity contribution < 1.29 is 0 Å². The van der Waals surface area contributed by atoms with Crippen LogP contribution in [0.1, 0.15) is 36.8 Å². The second-order valence-electron chi connectivity index (χ2n) is 6.21. The molecule has 0 fully saturated rings. The normalized spacial score (nSPS) is 12.4. The van der Waals surface area contributed by atoms with Crippen molar-refractivity contribution in [3.05, 3.63) is 71.9 Å². The molecule has 0 amide bonds. The molecule has 0 saturated carbocycles. The van der Waals surface area contributed by atoms with Crippen molar-refractivity contribution in [1.29, 1.82) is 0 Å². The Morgan fingerprint density at radius 2 is 1.83 bits per heavy atom. The van der Waals surface area contributed by atoms with Gasteiger partial charge in [0.15, 0.2) is 0 Å². The smallest absolute Gasteiger partial charge is 0.0478 e. The maximum Gasteiger partial charge on any atom is 0.0478 e. The summed E-state index contributed by atoms with van der Waals surface area (Å²) in [6.45, 7) is 2.27. The van der Waals surface area contributed by atoms with Gasteiger partial charge in [-0.15, -0.1) is 11.8 Å². The van der Waals surface area contributed by atoms with Gasteiger partial charge in [-0.2, -0.15) is 0 Å². The number of hydrogen-bond acceptors (Lipinski definition) is 2. The predicted molar refractivity (Wildman–Crippen MR) is 111 cm³/mol. The van der Waals surface area contributed by atoms with Gasteiger partial charge in [-0.25, -0.2) is 0 Å². The van der Waals surface area contributed by atoms with Crippen molar-refractivity contribution in [2.24, 2.45) is 0 Å². The van der Waals surface area contributed by atoms with Crippen LogP contribution < -0.4 is 0 Å². The maximum atomic E-state index is 5.57. The Labute approximate surface area is 153 Å². The minimum atomic E-state index is 0.544. The Morgan fingerprint density at radius 3 is 2.67 bits per heavy atom. The molecule has 3 aromatic rings. The van der Waals surface area contributed by atoms with Gasteiger partial charge in [0.2, 0.25) is 0 Å². The first-order valence-corrected chi connectivity index (χ1v) is 9.89. The van der Waals surface area contributed by atoms with Crippen LogP contribution in [0.25, 0.3) is 10.9 Å². The molecule has 24 heavy (non-hydrogen) atoms. The van der Waals surface area contributed by atoms with E-state index in [-0.39, 0.29) is 0 Å². The lowest BCUT2D eigenvalue weighted by Crippen LogP contribution is -2.00. The number of thiocarbonyl (C=S) groups is 1. The van der Waals surface area contributed by atoms with Crippen molar-refractivity contribution in [3.63, 3.8) is 0 Å².